The number of likely N-dealkylation sites (N-methyl/N-ethyl adjacent to an activating group) is 1. The molecule has 0 saturated carbocycles. The zero-order valence-electron chi connectivity index (χ0n) is 13.5. The van der Waals surface area contributed by atoms with Crippen molar-refractivity contribution in [3.05, 3.63) is 46.6 Å². The largest absolute Gasteiger partial charge is 0.378 e. The quantitative estimate of drug-likeness (QED) is 0.677. The first-order chi connectivity index (χ1) is 11.6. The number of nitrogens with zero attached hydrogens (tertiary/aromatic N) is 5. The second kappa shape index (κ2) is 6.69. The van der Waals surface area contributed by atoms with Crippen LogP contribution in [0.15, 0.2) is 36.5 Å². The number of rotatable bonds is 4. The number of aromatic nitrogens is 2. The van der Waals surface area contributed by atoms with Gasteiger partial charge in [-0.1, -0.05) is 18.2 Å². The molecule has 1 aliphatic heterocycles. The molecule has 0 amide bonds. The van der Waals surface area contributed by atoms with E-state index in [2.05, 4.69) is 27.0 Å². The molecule has 8 heteroatoms. The molecule has 2 aromatic rings. The predicted octanol–water partition coefficient (Wildman–Crippen LogP) is 2.07. The SMILES string of the molecule is CN(c1ncc([N+](=O)[O-])c(N)n1)C1CCCN(c2ccccc2)C1. The first-order valence-electron chi connectivity index (χ1n) is 7.86. The molecule has 1 aromatic carbocycles. The molecule has 1 atom stereocenters. The van der Waals surface area contributed by atoms with Crippen molar-refractivity contribution in [3.63, 3.8) is 0 Å². The summed E-state index contributed by atoms with van der Waals surface area (Å²) < 4.78 is 0. The average molecular weight is 328 g/mol. The zero-order valence-corrected chi connectivity index (χ0v) is 13.5. The van der Waals surface area contributed by atoms with Gasteiger partial charge in [0.2, 0.25) is 11.8 Å². The van der Waals surface area contributed by atoms with Gasteiger partial charge >= 0.3 is 5.69 Å². The third-order valence-corrected chi connectivity index (χ3v) is 4.36. The summed E-state index contributed by atoms with van der Waals surface area (Å²) in [6.45, 7) is 1.86. The molecule has 1 unspecified atom stereocenters. The molecule has 1 aromatic heterocycles. The lowest BCUT2D eigenvalue weighted by atomic mass is 10.0. The van der Waals surface area contributed by atoms with Crippen LogP contribution < -0.4 is 15.5 Å². The van der Waals surface area contributed by atoms with E-state index in [1.807, 2.05) is 30.1 Å². The Morgan fingerprint density at radius 3 is 2.79 bits per heavy atom. The predicted molar refractivity (Wildman–Crippen MR) is 93.2 cm³/mol. The van der Waals surface area contributed by atoms with Gasteiger partial charge < -0.3 is 15.5 Å². The van der Waals surface area contributed by atoms with E-state index in [9.17, 15) is 10.1 Å². The summed E-state index contributed by atoms with van der Waals surface area (Å²) in [6.07, 6.45) is 3.25. The lowest BCUT2D eigenvalue weighted by Gasteiger charge is -2.38. The van der Waals surface area contributed by atoms with E-state index >= 15 is 0 Å². The van der Waals surface area contributed by atoms with E-state index in [1.165, 1.54) is 11.9 Å². The highest BCUT2D eigenvalue weighted by atomic mass is 16.6. The minimum atomic E-state index is -0.573. The summed E-state index contributed by atoms with van der Waals surface area (Å²) in [5.41, 5.74) is 6.61. The maximum atomic E-state index is 10.8. The maximum Gasteiger partial charge on any atom is 0.329 e. The van der Waals surface area contributed by atoms with Crippen LogP contribution in [0.5, 0.6) is 0 Å². The van der Waals surface area contributed by atoms with Gasteiger partial charge in [-0.15, -0.1) is 0 Å². The number of hydrogen-bond acceptors (Lipinski definition) is 7. The number of anilines is 3. The lowest BCUT2D eigenvalue weighted by molar-refractivity contribution is -0.384. The Hall–Kier alpha value is -2.90. The van der Waals surface area contributed by atoms with Gasteiger partial charge in [0.1, 0.15) is 6.20 Å². The van der Waals surface area contributed by atoms with Crippen molar-refractivity contribution in [2.75, 3.05) is 35.7 Å². The minimum Gasteiger partial charge on any atom is -0.378 e. The van der Waals surface area contributed by atoms with Crippen molar-refractivity contribution >= 4 is 23.1 Å². The molecule has 0 spiro atoms. The molecule has 0 aliphatic carbocycles. The molecule has 0 radical (unpaired) electrons. The van der Waals surface area contributed by atoms with E-state index in [-0.39, 0.29) is 17.5 Å². The Morgan fingerprint density at radius 1 is 1.38 bits per heavy atom. The van der Waals surface area contributed by atoms with Crippen molar-refractivity contribution in [2.45, 2.75) is 18.9 Å². The number of nitro groups is 1. The molecule has 1 aliphatic rings. The summed E-state index contributed by atoms with van der Waals surface area (Å²) in [6, 6.07) is 10.5. The monoisotopic (exact) mass is 328 g/mol. The highest BCUT2D eigenvalue weighted by Gasteiger charge is 2.26. The summed E-state index contributed by atoms with van der Waals surface area (Å²) in [5, 5.41) is 10.8. The van der Waals surface area contributed by atoms with Crippen LogP contribution in [0.25, 0.3) is 0 Å². The number of nitrogen functional groups attached to an aromatic ring is 1. The number of piperidine rings is 1. The minimum absolute atomic E-state index is 0.104. The van der Waals surface area contributed by atoms with Gasteiger partial charge in [0.25, 0.3) is 0 Å². The van der Waals surface area contributed by atoms with Crippen molar-refractivity contribution in [3.8, 4) is 0 Å². The van der Waals surface area contributed by atoms with Crippen LogP contribution in [0.3, 0.4) is 0 Å². The fourth-order valence-electron chi connectivity index (χ4n) is 3.00. The van der Waals surface area contributed by atoms with Crippen LogP contribution in [-0.2, 0) is 0 Å². The van der Waals surface area contributed by atoms with Crippen LogP contribution in [0.4, 0.5) is 23.1 Å². The smallest absolute Gasteiger partial charge is 0.329 e. The summed E-state index contributed by atoms with van der Waals surface area (Å²) in [4.78, 5) is 22.8. The molecule has 1 saturated heterocycles. The Bertz CT molecular complexity index is 724. The van der Waals surface area contributed by atoms with Crippen molar-refractivity contribution in [1.82, 2.24) is 9.97 Å². The number of benzene rings is 1. The number of hydrogen-bond donors (Lipinski definition) is 1. The third-order valence-electron chi connectivity index (χ3n) is 4.36. The highest BCUT2D eigenvalue weighted by molar-refractivity contribution is 5.54. The molecule has 3 rings (SSSR count). The normalized spacial score (nSPS) is 17.5. The molecule has 24 heavy (non-hydrogen) atoms. The first kappa shape index (κ1) is 16.0. The van der Waals surface area contributed by atoms with Crippen molar-refractivity contribution in [2.24, 2.45) is 0 Å². The summed E-state index contributed by atoms with van der Waals surface area (Å²) in [7, 11) is 1.90. The van der Waals surface area contributed by atoms with Crippen LogP contribution in [0, 0.1) is 10.1 Å². The van der Waals surface area contributed by atoms with E-state index < -0.39 is 4.92 Å². The summed E-state index contributed by atoms with van der Waals surface area (Å²) in [5.74, 6) is 0.311. The fraction of sp³-hybridized carbons (Fsp3) is 0.375. The Balaban J connectivity index is 1.76. The van der Waals surface area contributed by atoms with Gasteiger partial charge in [-0.25, -0.2) is 4.98 Å². The molecule has 2 N–H and O–H groups in total. The van der Waals surface area contributed by atoms with E-state index in [0.29, 0.717) is 5.95 Å². The Kier molecular flexibility index (Phi) is 4.45. The van der Waals surface area contributed by atoms with Crippen LogP contribution in [0.1, 0.15) is 12.8 Å². The van der Waals surface area contributed by atoms with Gasteiger partial charge in [-0.2, -0.15) is 4.98 Å². The van der Waals surface area contributed by atoms with E-state index in [0.717, 1.165) is 25.9 Å². The number of para-hydroxylation sites is 1. The fourth-order valence-corrected chi connectivity index (χ4v) is 3.00. The average Bonchev–Trinajstić information content (AvgIpc) is 2.61. The van der Waals surface area contributed by atoms with E-state index in [4.69, 9.17) is 5.73 Å². The first-order valence-corrected chi connectivity index (χ1v) is 7.86. The molecular weight excluding hydrogens is 308 g/mol. The highest BCUT2D eigenvalue weighted by Crippen LogP contribution is 2.25. The molecule has 1 fully saturated rings. The Labute approximate surface area is 140 Å². The second-order valence-electron chi connectivity index (χ2n) is 5.89. The van der Waals surface area contributed by atoms with Gasteiger partial charge in [-0.3, -0.25) is 10.1 Å². The third kappa shape index (κ3) is 3.22. The molecule has 0 bridgehead atoms. The van der Waals surface area contributed by atoms with Crippen LogP contribution >= 0.6 is 0 Å². The maximum absolute atomic E-state index is 10.8. The topological polar surface area (TPSA) is 101 Å². The molecule has 2 heterocycles. The van der Waals surface area contributed by atoms with Gasteiger partial charge in [-0.05, 0) is 25.0 Å². The van der Waals surface area contributed by atoms with Crippen molar-refractivity contribution in [1.29, 1.82) is 0 Å². The standard InChI is InChI=1S/C16H20N6O2/c1-20(16-18-10-14(22(23)24)15(17)19-16)13-8-5-9-21(11-13)12-6-3-2-4-7-12/h2-4,6-7,10,13H,5,8-9,11H2,1H3,(H2,17,18,19). The Morgan fingerprint density at radius 2 is 2.12 bits per heavy atom. The van der Waals surface area contributed by atoms with Gasteiger partial charge in [0.15, 0.2) is 0 Å². The summed E-state index contributed by atoms with van der Waals surface area (Å²) >= 11 is 0. The molecule has 126 valence electrons. The second-order valence-corrected chi connectivity index (χ2v) is 5.89. The van der Waals surface area contributed by atoms with E-state index in [1.54, 1.807) is 0 Å². The van der Waals surface area contributed by atoms with Gasteiger partial charge in [0.05, 0.1) is 4.92 Å². The molecule has 8 nitrogen and oxygen atoms in total. The lowest BCUT2D eigenvalue weighted by Crippen LogP contribution is -2.47. The van der Waals surface area contributed by atoms with Crippen LogP contribution in [-0.4, -0.2) is 41.1 Å². The number of nitrogens with two attached hydrogens (primary N) is 1. The zero-order chi connectivity index (χ0) is 17.1. The van der Waals surface area contributed by atoms with Crippen molar-refractivity contribution < 1.29 is 4.92 Å². The van der Waals surface area contributed by atoms with Crippen LogP contribution in [0.2, 0.25) is 0 Å². The molecular formula is C16H20N6O2. The van der Waals surface area contributed by atoms with Gasteiger partial charge in [0, 0.05) is 31.9 Å².